The van der Waals surface area contributed by atoms with E-state index in [1.54, 1.807) is 0 Å². The summed E-state index contributed by atoms with van der Waals surface area (Å²) in [5.74, 6) is -0.315. The SMILES string of the molecule is CC(=O)[CH-]O.[Rf].[Rf].[Rf]. The molecular formula is C3H5O2Rf3-. The molecule has 8 heavy (non-hydrogen) atoms. The number of aliphatic hydroxyl groups excluding tert-OH is 1. The minimum Gasteiger partial charge on any atom is -0.540 e. The summed E-state index contributed by atoms with van der Waals surface area (Å²) in [5.41, 5.74) is 0. The predicted molar refractivity (Wildman–Crippen MR) is 16.9 cm³/mol. The molecule has 0 rings (SSSR count). The van der Waals surface area contributed by atoms with Crippen LogP contribution in [0.5, 0.6) is 0 Å². The molecule has 0 spiro atoms. The number of aliphatic hydroxyl groups is 1. The van der Waals surface area contributed by atoms with Crippen LogP contribution in [-0.4, -0.2) is 10.9 Å². The number of hydrogen-bond acceptors (Lipinski definition) is 2. The molecular weight excluding hydrogens is 869 g/mol. The van der Waals surface area contributed by atoms with Crippen molar-refractivity contribution in [3.05, 3.63) is 6.61 Å². The summed E-state index contributed by atoms with van der Waals surface area (Å²) in [6.07, 6.45) is 0. The third-order valence-electron chi connectivity index (χ3n) is 0.182. The van der Waals surface area contributed by atoms with Crippen molar-refractivity contribution in [2.45, 2.75) is 6.92 Å². The summed E-state index contributed by atoms with van der Waals surface area (Å²) in [4.78, 5) is 9.51. The molecule has 0 aliphatic heterocycles. The van der Waals surface area contributed by atoms with Gasteiger partial charge in [-0.2, -0.15) is 0 Å². The van der Waals surface area contributed by atoms with Crippen molar-refractivity contribution >= 4 is 5.78 Å². The minimum atomic E-state index is -0.315. The maximum Gasteiger partial charge on any atom is 0.0190 e. The summed E-state index contributed by atoms with van der Waals surface area (Å²) in [7, 11) is 0. The Morgan fingerprint density at radius 2 is 1.50 bits per heavy atom. The number of carbonyl (C=O) groups excluding carboxylic acids is 1. The van der Waals surface area contributed by atoms with Crippen LogP contribution in [0.4, 0.5) is 0 Å². The molecule has 0 atom stereocenters. The van der Waals surface area contributed by atoms with Crippen molar-refractivity contribution in [1.29, 1.82) is 0 Å². The van der Waals surface area contributed by atoms with E-state index in [-0.39, 0.29) is 5.78 Å². The maximum atomic E-state index is 9.51. The zero-order valence-electron chi connectivity index (χ0n) is 5.05. The molecule has 2 nitrogen and oxygen atoms in total. The molecule has 0 amide bonds. The minimum absolute atomic E-state index is 0. The molecule has 0 saturated heterocycles. The molecule has 0 aliphatic rings. The summed E-state index contributed by atoms with van der Waals surface area (Å²) in [5, 5.41) is 7.67. The Kier molecular flexibility index (Phi) is 2410. The van der Waals surface area contributed by atoms with E-state index in [2.05, 4.69) is 0 Å². The summed E-state index contributed by atoms with van der Waals surface area (Å²) >= 11 is 0. The van der Waals surface area contributed by atoms with E-state index in [1.165, 1.54) is 6.92 Å². The third kappa shape index (κ3) is 2.50. The van der Waals surface area contributed by atoms with E-state index in [4.69, 9.17) is 5.11 Å². The fourth-order valence-electron chi connectivity index (χ4n) is 0. The topological polar surface area (TPSA) is 37.3 Å². The summed E-state index contributed by atoms with van der Waals surface area (Å²) in [6.45, 7) is 1.81. The van der Waals surface area contributed by atoms with E-state index >= 15 is 0 Å². The second kappa shape index (κ2) is 87.5. The van der Waals surface area contributed by atoms with Crippen molar-refractivity contribution in [2.24, 2.45) is 0 Å². The fraction of sp³-hybridized carbons (Fsp3) is 0.333. The molecule has 0 saturated carbocycles. The van der Waals surface area contributed by atoms with E-state index in [0.717, 1.165) is 0 Å². The van der Waals surface area contributed by atoms with E-state index < -0.39 is 0 Å². The van der Waals surface area contributed by atoms with E-state index in [1.807, 2.05) is 0 Å². The third-order valence-corrected chi connectivity index (χ3v) is 0.182. The van der Waals surface area contributed by atoms with E-state index in [0.29, 0.717) is 6.61 Å². The van der Waals surface area contributed by atoms with Crippen LogP contribution in [0.15, 0.2) is 0 Å². The first-order valence-electron chi connectivity index (χ1n) is 1.25. The zero-order valence-corrected chi connectivity index (χ0v) is 24.3. The first-order chi connectivity index (χ1) is 2.27. The van der Waals surface area contributed by atoms with Gasteiger partial charge >= 0.3 is 0 Å². The van der Waals surface area contributed by atoms with Crippen molar-refractivity contribution in [1.82, 2.24) is 0 Å². The van der Waals surface area contributed by atoms with Gasteiger partial charge < -0.3 is 9.90 Å². The van der Waals surface area contributed by atoms with Gasteiger partial charge in [0.25, 0.3) is 0 Å². The average Bonchev–Trinajstić information content (AvgIpc) is 1.38. The molecule has 1 N–H and O–H groups in total. The van der Waals surface area contributed by atoms with Gasteiger partial charge in [0.1, 0.15) is 0 Å². The number of Topliss-reactive ketones (excluding diaryl/α,β-unsaturated/α-hetero) is 1. The standard InChI is InChI=1S/C3H5O2.3Rf/c1-3(5)2-4;;;/h2,4H,1H3;;;/q-1;;;. The van der Waals surface area contributed by atoms with Gasteiger partial charge in [-0.1, -0.05) is 0 Å². The van der Waals surface area contributed by atoms with Crippen molar-refractivity contribution in [3.63, 3.8) is 0 Å². The summed E-state index contributed by atoms with van der Waals surface area (Å²) in [6, 6.07) is 0. The summed E-state index contributed by atoms with van der Waals surface area (Å²) < 4.78 is 0. The van der Waals surface area contributed by atoms with Crippen LogP contribution in [0.2, 0.25) is 0 Å². The Balaban J connectivity index is -0.0000000267. The first kappa shape index (κ1) is 220. The number of carbonyl (C=O) groups is 1. The van der Waals surface area contributed by atoms with Gasteiger partial charge in [0.05, 0.1) is 0 Å². The van der Waals surface area contributed by atoms with Gasteiger partial charge in [-0.3, -0.25) is 0 Å². The first-order valence-corrected chi connectivity index (χ1v) is 1.25. The van der Waals surface area contributed by atoms with Crippen molar-refractivity contribution in [3.8, 4) is 0 Å². The van der Waals surface area contributed by atoms with Gasteiger partial charge in [-0.15, -0.1) is 0 Å². The smallest absolute Gasteiger partial charge is 0.0190 e. The van der Waals surface area contributed by atoms with Gasteiger partial charge in [-0.05, 0) is 6.92 Å². The second-order valence-electron chi connectivity index (χ2n) is 0.740. The van der Waals surface area contributed by atoms with Gasteiger partial charge in [0.15, 0.2) is 0 Å². The number of hydrogen-bond donors (Lipinski definition) is 1. The van der Waals surface area contributed by atoms with Gasteiger partial charge in [0.2, 0.25) is 0 Å². The van der Waals surface area contributed by atoms with Crippen LogP contribution in [-0.2, 0) is 4.79 Å². The molecule has 0 aliphatic carbocycles. The number of rotatable bonds is 1. The Morgan fingerprint density at radius 3 is 1.50 bits per heavy atom. The molecule has 0 fully saturated rings. The van der Waals surface area contributed by atoms with Crippen LogP contribution >= 0.6 is 0 Å². The normalized spacial score (nSPS) is 4.25. The quantitative estimate of drug-likeness (QED) is 0.381. The molecule has 0 aromatic rings. The molecule has 0 radical (unpaired) electrons. The molecule has 5 heteroatoms. The molecule has 36 valence electrons. The Hall–Kier alpha value is -3.50. The Morgan fingerprint density at radius 1 is 1.38 bits per heavy atom. The van der Waals surface area contributed by atoms with Crippen LogP contribution < -0.4 is 0 Å². The van der Waals surface area contributed by atoms with Gasteiger partial charge in [-0.25, -0.2) is 6.61 Å². The van der Waals surface area contributed by atoms with Crippen LogP contribution in [0, 0.1) is 6.61 Å². The Labute approximate surface area is 30.4 Å². The molecule has 0 bridgehead atoms. The van der Waals surface area contributed by atoms with Crippen molar-refractivity contribution in [2.75, 3.05) is 0 Å². The van der Waals surface area contributed by atoms with Crippen LogP contribution in [0.25, 0.3) is 0 Å². The molecule has 0 heterocycles. The average molecular weight is 874 g/mol. The Bertz CT molecular complexity index is 47.8. The predicted octanol–water partition coefficient (Wildman–Crippen LogP) is 0.110. The molecule has 0 aromatic heterocycles. The second-order valence-corrected chi connectivity index (χ2v) is 0.740. The van der Waals surface area contributed by atoms with E-state index in [9.17, 15) is 4.79 Å². The molecule has 0 unspecified atom stereocenters. The largest absolute Gasteiger partial charge is 0.540 e. The molecule has 0 aromatic carbocycles. The zero-order chi connectivity index (χ0) is 4.28. The van der Waals surface area contributed by atoms with Gasteiger partial charge in [0, 0.05) is 5.78 Å². The maximum absolute atomic E-state index is 9.51. The van der Waals surface area contributed by atoms with Crippen LogP contribution in [0.1, 0.15) is 6.92 Å². The van der Waals surface area contributed by atoms with Crippen molar-refractivity contribution < 1.29 is 9.90 Å². The fourth-order valence-corrected chi connectivity index (χ4v) is 0. The monoisotopic (exact) mass is 874 g/mol. The number of ketones is 1. The van der Waals surface area contributed by atoms with Crippen LogP contribution in [0.3, 0.4) is 0 Å².